The van der Waals surface area contributed by atoms with Gasteiger partial charge in [-0.1, -0.05) is 42.0 Å². The van der Waals surface area contributed by atoms with Gasteiger partial charge in [0.25, 0.3) is 0 Å². The van der Waals surface area contributed by atoms with E-state index in [0.29, 0.717) is 12.2 Å². The molecule has 2 rings (SSSR count). The maximum absolute atomic E-state index is 8.69. The van der Waals surface area contributed by atoms with Gasteiger partial charge in [0, 0.05) is 18.7 Å². The van der Waals surface area contributed by atoms with Crippen molar-refractivity contribution in [2.45, 2.75) is 26.8 Å². The van der Waals surface area contributed by atoms with E-state index in [4.69, 9.17) is 5.26 Å². The molecule has 0 unspecified atom stereocenters. The highest BCUT2D eigenvalue weighted by Crippen LogP contribution is 2.14. The minimum atomic E-state index is 0.551. The lowest BCUT2D eigenvalue weighted by Crippen LogP contribution is -2.00. The predicted octanol–water partition coefficient (Wildman–Crippen LogP) is 4.54. The Labute approximate surface area is 125 Å². The van der Waals surface area contributed by atoms with Crippen molar-refractivity contribution in [3.63, 3.8) is 0 Å². The van der Waals surface area contributed by atoms with Crippen molar-refractivity contribution in [2.24, 2.45) is 0 Å². The summed E-state index contributed by atoms with van der Waals surface area (Å²) >= 11 is 0. The van der Waals surface area contributed by atoms with E-state index in [-0.39, 0.29) is 0 Å². The minimum Gasteiger partial charge on any atom is -0.381 e. The third kappa shape index (κ3) is 4.65. The topological polar surface area (TPSA) is 41.5 Å². The number of allylic oxidation sites excluding steroid dienone is 2. The lowest BCUT2D eigenvalue weighted by molar-refractivity contribution is -0.204. The molecule has 21 heavy (non-hydrogen) atoms. The van der Waals surface area contributed by atoms with Gasteiger partial charge in [0.15, 0.2) is 0 Å². The van der Waals surface area contributed by atoms with Crippen LogP contribution >= 0.6 is 0 Å². The van der Waals surface area contributed by atoms with Crippen molar-refractivity contribution >= 4 is 5.69 Å². The summed E-state index contributed by atoms with van der Waals surface area (Å²) in [5, 5.41) is 12.1. The molecule has 2 aromatic carbocycles. The number of aryl methyl sites for hydroxylation is 1. The number of anilines is 1. The van der Waals surface area contributed by atoms with Crippen molar-refractivity contribution in [1.82, 2.24) is 0 Å². The van der Waals surface area contributed by atoms with Crippen LogP contribution in [0, 0.1) is 6.92 Å². The average molecular weight is 283 g/mol. The Morgan fingerprint density at radius 3 is 2.52 bits per heavy atom. The van der Waals surface area contributed by atoms with Crippen LogP contribution in [0.15, 0.2) is 60.4 Å². The van der Waals surface area contributed by atoms with Gasteiger partial charge in [0.05, 0.1) is 0 Å². The number of hydrogen-bond acceptors (Lipinski definition) is 3. The van der Waals surface area contributed by atoms with Crippen molar-refractivity contribution < 1.29 is 10.1 Å². The summed E-state index contributed by atoms with van der Waals surface area (Å²) in [6.07, 6.45) is 2.34. The monoisotopic (exact) mass is 283 g/mol. The van der Waals surface area contributed by atoms with Crippen LogP contribution in [0.4, 0.5) is 5.69 Å². The molecule has 0 aromatic heterocycles. The van der Waals surface area contributed by atoms with E-state index in [1.54, 1.807) is 6.08 Å². The Bertz CT molecular complexity index is 603. The lowest BCUT2D eigenvalue weighted by atomic mass is 10.1. The molecule has 0 spiro atoms. The Hall–Kier alpha value is -2.26. The SMILES string of the molecule is CC=C(Cc1ccc(NCc2cccc(C)c2)cc1)OO. The first-order valence-electron chi connectivity index (χ1n) is 7.06. The Kier molecular flexibility index (Phi) is 5.41. The highest BCUT2D eigenvalue weighted by Gasteiger charge is 2.00. The van der Waals surface area contributed by atoms with E-state index in [9.17, 15) is 0 Å². The molecule has 3 heteroatoms. The van der Waals surface area contributed by atoms with Gasteiger partial charge >= 0.3 is 0 Å². The summed E-state index contributed by atoms with van der Waals surface area (Å²) in [5.41, 5.74) is 4.71. The summed E-state index contributed by atoms with van der Waals surface area (Å²) in [4.78, 5) is 4.30. The maximum atomic E-state index is 8.69. The molecule has 0 atom stereocenters. The molecule has 2 aromatic rings. The van der Waals surface area contributed by atoms with Crippen molar-refractivity contribution in [3.05, 3.63) is 77.1 Å². The fraction of sp³-hybridized carbons (Fsp3) is 0.222. The molecule has 0 aliphatic heterocycles. The zero-order valence-electron chi connectivity index (χ0n) is 12.5. The third-order valence-electron chi connectivity index (χ3n) is 3.35. The Morgan fingerprint density at radius 1 is 1.14 bits per heavy atom. The van der Waals surface area contributed by atoms with Crippen LogP contribution in [-0.2, 0) is 17.9 Å². The quantitative estimate of drug-likeness (QED) is 0.464. The van der Waals surface area contributed by atoms with Gasteiger partial charge in [-0.05, 0) is 43.2 Å². The zero-order chi connectivity index (χ0) is 15.1. The number of nitrogens with one attached hydrogen (secondary N) is 1. The van der Waals surface area contributed by atoms with Gasteiger partial charge in [-0.25, -0.2) is 5.26 Å². The summed E-state index contributed by atoms with van der Waals surface area (Å²) in [5.74, 6) is 0.551. The predicted molar refractivity (Wildman–Crippen MR) is 86.1 cm³/mol. The van der Waals surface area contributed by atoms with Crippen LogP contribution in [0.1, 0.15) is 23.6 Å². The van der Waals surface area contributed by atoms with Crippen LogP contribution in [-0.4, -0.2) is 5.26 Å². The van der Waals surface area contributed by atoms with E-state index in [2.05, 4.69) is 41.4 Å². The average Bonchev–Trinajstić information content (AvgIpc) is 2.52. The fourth-order valence-electron chi connectivity index (χ4n) is 2.15. The first kappa shape index (κ1) is 15.1. The van der Waals surface area contributed by atoms with Gasteiger partial charge in [-0.3, -0.25) is 0 Å². The van der Waals surface area contributed by atoms with Gasteiger partial charge in [-0.2, -0.15) is 0 Å². The molecule has 0 heterocycles. The smallest absolute Gasteiger partial charge is 0.142 e. The summed E-state index contributed by atoms with van der Waals surface area (Å²) in [7, 11) is 0. The van der Waals surface area contributed by atoms with Crippen LogP contribution < -0.4 is 5.32 Å². The second-order valence-electron chi connectivity index (χ2n) is 5.06. The van der Waals surface area contributed by atoms with E-state index in [0.717, 1.165) is 17.8 Å². The van der Waals surface area contributed by atoms with Gasteiger partial charge in [0.1, 0.15) is 5.76 Å². The van der Waals surface area contributed by atoms with Crippen molar-refractivity contribution in [2.75, 3.05) is 5.32 Å². The molecule has 2 N–H and O–H groups in total. The maximum Gasteiger partial charge on any atom is 0.142 e. The van der Waals surface area contributed by atoms with E-state index >= 15 is 0 Å². The molecule has 0 fully saturated rings. The standard InChI is InChI=1S/C18H21NO2/c1-3-18(21-20)12-15-7-9-17(10-8-15)19-13-16-6-4-5-14(2)11-16/h3-11,19-20H,12-13H2,1-2H3. The molecule has 0 saturated heterocycles. The Morgan fingerprint density at radius 2 is 1.90 bits per heavy atom. The van der Waals surface area contributed by atoms with Crippen molar-refractivity contribution in [3.8, 4) is 0 Å². The highest BCUT2D eigenvalue weighted by molar-refractivity contribution is 5.45. The molecule has 0 radical (unpaired) electrons. The van der Waals surface area contributed by atoms with Crippen LogP contribution in [0.3, 0.4) is 0 Å². The number of rotatable bonds is 6. The second kappa shape index (κ2) is 7.50. The van der Waals surface area contributed by atoms with E-state index < -0.39 is 0 Å². The first-order chi connectivity index (χ1) is 10.2. The molecule has 0 saturated carbocycles. The van der Waals surface area contributed by atoms with E-state index in [1.165, 1.54) is 11.1 Å². The van der Waals surface area contributed by atoms with Crippen LogP contribution in [0.2, 0.25) is 0 Å². The molecule has 3 nitrogen and oxygen atoms in total. The van der Waals surface area contributed by atoms with Gasteiger partial charge in [0.2, 0.25) is 0 Å². The fourth-order valence-corrected chi connectivity index (χ4v) is 2.15. The largest absolute Gasteiger partial charge is 0.381 e. The lowest BCUT2D eigenvalue weighted by Gasteiger charge is -2.09. The molecular formula is C18H21NO2. The van der Waals surface area contributed by atoms with Crippen molar-refractivity contribution in [1.29, 1.82) is 0 Å². The molecule has 110 valence electrons. The molecule has 0 bridgehead atoms. The molecule has 0 aliphatic rings. The molecule has 0 amide bonds. The van der Waals surface area contributed by atoms with Crippen LogP contribution in [0.5, 0.6) is 0 Å². The Balaban J connectivity index is 1.93. The minimum absolute atomic E-state index is 0.551. The normalized spacial score (nSPS) is 11.3. The molecule has 0 aliphatic carbocycles. The van der Waals surface area contributed by atoms with Gasteiger partial charge < -0.3 is 10.2 Å². The number of hydrogen-bond donors (Lipinski definition) is 2. The molecular weight excluding hydrogens is 262 g/mol. The number of benzene rings is 2. The summed E-state index contributed by atoms with van der Waals surface area (Å²) in [6.45, 7) is 4.74. The second-order valence-corrected chi connectivity index (χ2v) is 5.06. The van der Waals surface area contributed by atoms with Crippen LogP contribution in [0.25, 0.3) is 0 Å². The summed E-state index contributed by atoms with van der Waals surface area (Å²) in [6, 6.07) is 16.6. The zero-order valence-corrected chi connectivity index (χ0v) is 12.5. The highest BCUT2D eigenvalue weighted by atomic mass is 17.1. The van der Waals surface area contributed by atoms with E-state index in [1.807, 2.05) is 31.2 Å². The first-order valence-corrected chi connectivity index (χ1v) is 7.06. The van der Waals surface area contributed by atoms with Gasteiger partial charge in [-0.15, -0.1) is 0 Å². The summed E-state index contributed by atoms with van der Waals surface area (Å²) < 4.78 is 0. The third-order valence-corrected chi connectivity index (χ3v) is 3.35.